The molecule has 1 saturated heterocycles. The van der Waals surface area contributed by atoms with E-state index in [1.807, 2.05) is 6.92 Å². The number of nitrogens with zero attached hydrogens (tertiary/aromatic N) is 2. The largest absolute Gasteiger partial charge is 0.365 e. The molecule has 0 aromatic carbocycles. The zero-order chi connectivity index (χ0) is 12.4. The average Bonchev–Trinajstić information content (AvgIpc) is 2.64. The maximum absolute atomic E-state index is 11.7. The third kappa shape index (κ3) is 2.86. The van der Waals surface area contributed by atoms with Crippen LogP contribution in [0.15, 0.2) is 17.1 Å². The Morgan fingerprint density at radius 1 is 1.71 bits per heavy atom. The summed E-state index contributed by atoms with van der Waals surface area (Å²) >= 11 is 1.57. The number of rotatable bonds is 2. The fourth-order valence-corrected chi connectivity index (χ4v) is 2.59. The van der Waals surface area contributed by atoms with Crippen LogP contribution in [0.25, 0.3) is 0 Å². The van der Waals surface area contributed by atoms with Gasteiger partial charge < -0.3 is 10.1 Å². The van der Waals surface area contributed by atoms with E-state index in [0.29, 0.717) is 6.61 Å². The highest BCUT2D eigenvalue weighted by Crippen LogP contribution is 2.33. The number of carbonyl (C=O) groups is 1. The second-order valence-corrected chi connectivity index (χ2v) is 5.16. The van der Waals surface area contributed by atoms with Crippen LogP contribution in [0.5, 0.6) is 0 Å². The number of hydrogen-bond acceptors (Lipinski definition) is 5. The van der Waals surface area contributed by atoms with Gasteiger partial charge in [0.2, 0.25) is 5.91 Å². The van der Waals surface area contributed by atoms with E-state index >= 15 is 0 Å². The van der Waals surface area contributed by atoms with Gasteiger partial charge in [-0.2, -0.15) is 4.98 Å². The molecule has 1 unspecified atom stereocenters. The van der Waals surface area contributed by atoms with E-state index in [0.717, 1.165) is 0 Å². The number of ether oxygens (including phenoxy) is 1. The monoisotopic (exact) mass is 255 g/mol. The van der Waals surface area contributed by atoms with Gasteiger partial charge in [-0.1, -0.05) is 0 Å². The Labute approximate surface area is 102 Å². The molecular formula is C10H13N3O3S. The van der Waals surface area contributed by atoms with Crippen LogP contribution in [0.4, 0.5) is 5.82 Å². The molecule has 2 rings (SSSR count). The summed E-state index contributed by atoms with van der Waals surface area (Å²) in [6, 6.07) is 1.60. The van der Waals surface area contributed by atoms with Crippen molar-refractivity contribution in [3.63, 3.8) is 0 Å². The zero-order valence-electron chi connectivity index (χ0n) is 9.54. The first kappa shape index (κ1) is 12.1. The Bertz CT molecular complexity index is 488. The molecule has 1 N–H and O–H groups in total. The second kappa shape index (κ2) is 4.89. The molecule has 1 aromatic heterocycles. The Kier molecular flexibility index (Phi) is 3.49. The summed E-state index contributed by atoms with van der Waals surface area (Å²) in [5, 5.41) is 2.43. The first-order valence-electron chi connectivity index (χ1n) is 5.20. The molecule has 1 amide bonds. The van der Waals surface area contributed by atoms with Crippen molar-refractivity contribution in [2.45, 2.75) is 24.7 Å². The third-order valence-corrected chi connectivity index (χ3v) is 3.46. The summed E-state index contributed by atoms with van der Waals surface area (Å²) in [6.45, 7) is 3.80. The van der Waals surface area contributed by atoms with Crippen molar-refractivity contribution in [2.75, 3.05) is 11.9 Å². The summed E-state index contributed by atoms with van der Waals surface area (Å²) in [7, 11) is 0. The smallest absolute Gasteiger partial charge is 0.350 e. The molecule has 6 nitrogen and oxygen atoms in total. The first-order chi connectivity index (χ1) is 8.06. The third-order valence-electron chi connectivity index (χ3n) is 2.27. The minimum Gasteiger partial charge on any atom is -0.365 e. The molecule has 1 aliphatic heterocycles. The SMILES string of the molecule is CC(=O)Nc1ccn([C@H]2COC(C)S2)c(=O)n1. The van der Waals surface area contributed by atoms with Crippen LogP contribution in [-0.4, -0.2) is 27.5 Å². The topological polar surface area (TPSA) is 73.2 Å². The number of anilines is 1. The minimum atomic E-state index is -0.383. The molecule has 7 heteroatoms. The molecule has 1 aromatic rings. The van der Waals surface area contributed by atoms with Crippen LogP contribution in [0.2, 0.25) is 0 Å². The van der Waals surface area contributed by atoms with Gasteiger partial charge in [0.25, 0.3) is 0 Å². The molecule has 0 spiro atoms. The van der Waals surface area contributed by atoms with Crippen LogP contribution in [0.3, 0.4) is 0 Å². The standard InChI is InChI=1S/C10H13N3O3S/c1-6(14)11-8-3-4-13(10(15)12-8)9-5-16-7(2)17-9/h3-4,7,9H,5H2,1-2H3,(H,11,12,14,15)/t7?,9-/m1/s1. The van der Waals surface area contributed by atoms with Gasteiger partial charge >= 0.3 is 5.69 Å². The summed E-state index contributed by atoms with van der Waals surface area (Å²) in [6.07, 6.45) is 1.62. The van der Waals surface area contributed by atoms with Gasteiger partial charge in [0.15, 0.2) is 0 Å². The molecule has 0 radical (unpaired) electrons. The molecule has 1 fully saturated rings. The second-order valence-electron chi connectivity index (χ2n) is 3.68. The Morgan fingerprint density at radius 3 is 3.00 bits per heavy atom. The van der Waals surface area contributed by atoms with Crippen LogP contribution in [0.1, 0.15) is 19.2 Å². The number of carbonyl (C=O) groups excluding carboxylic acids is 1. The van der Waals surface area contributed by atoms with Gasteiger partial charge in [0.05, 0.1) is 6.61 Å². The van der Waals surface area contributed by atoms with Crippen LogP contribution >= 0.6 is 11.8 Å². The quantitative estimate of drug-likeness (QED) is 0.846. The predicted molar refractivity (Wildman–Crippen MR) is 64.8 cm³/mol. The number of nitrogens with one attached hydrogen (secondary N) is 1. The normalized spacial score (nSPS) is 23.6. The summed E-state index contributed by atoms with van der Waals surface area (Å²) < 4.78 is 6.89. The van der Waals surface area contributed by atoms with E-state index in [9.17, 15) is 9.59 Å². The van der Waals surface area contributed by atoms with Crippen molar-refractivity contribution < 1.29 is 9.53 Å². The maximum atomic E-state index is 11.7. The summed E-state index contributed by atoms with van der Waals surface area (Å²) in [4.78, 5) is 26.4. The Balaban J connectivity index is 2.20. The van der Waals surface area contributed by atoms with Crippen LogP contribution < -0.4 is 11.0 Å². The zero-order valence-corrected chi connectivity index (χ0v) is 10.4. The fraction of sp³-hybridized carbons (Fsp3) is 0.500. The van der Waals surface area contributed by atoms with Crippen molar-refractivity contribution in [3.05, 3.63) is 22.7 Å². The molecule has 92 valence electrons. The van der Waals surface area contributed by atoms with E-state index in [2.05, 4.69) is 10.3 Å². The van der Waals surface area contributed by atoms with Gasteiger partial charge in [0.1, 0.15) is 16.6 Å². The number of aromatic nitrogens is 2. The van der Waals surface area contributed by atoms with E-state index in [1.54, 1.807) is 24.0 Å². The number of thioether (sulfide) groups is 1. The highest BCUT2D eigenvalue weighted by atomic mass is 32.2. The van der Waals surface area contributed by atoms with Crippen LogP contribution in [0, 0.1) is 0 Å². The minimum absolute atomic E-state index is 0.0450. The molecule has 17 heavy (non-hydrogen) atoms. The lowest BCUT2D eigenvalue weighted by Gasteiger charge is -2.11. The highest BCUT2D eigenvalue weighted by molar-refractivity contribution is 8.00. The molecule has 0 saturated carbocycles. The summed E-state index contributed by atoms with van der Waals surface area (Å²) in [5.41, 5.74) is -0.298. The summed E-state index contributed by atoms with van der Waals surface area (Å²) in [5.74, 6) is 0.0255. The molecule has 2 atom stereocenters. The van der Waals surface area contributed by atoms with E-state index in [4.69, 9.17) is 4.74 Å². The van der Waals surface area contributed by atoms with Gasteiger partial charge in [-0.25, -0.2) is 4.79 Å². The lowest BCUT2D eigenvalue weighted by atomic mass is 10.5. The number of amides is 1. The van der Waals surface area contributed by atoms with Crippen molar-refractivity contribution in [1.82, 2.24) is 9.55 Å². The maximum Gasteiger partial charge on any atom is 0.350 e. The highest BCUT2D eigenvalue weighted by Gasteiger charge is 2.25. The lowest BCUT2D eigenvalue weighted by molar-refractivity contribution is -0.114. The van der Waals surface area contributed by atoms with E-state index in [-0.39, 0.29) is 28.2 Å². The molecule has 2 heterocycles. The van der Waals surface area contributed by atoms with Gasteiger partial charge in [-0.15, -0.1) is 11.8 Å². The molecular weight excluding hydrogens is 242 g/mol. The molecule has 0 bridgehead atoms. The van der Waals surface area contributed by atoms with Crippen molar-refractivity contribution in [1.29, 1.82) is 0 Å². The fourth-order valence-electron chi connectivity index (χ4n) is 1.55. The Hall–Kier alpha value is -1.34. The van der Waals surface area contributed by atoms with Crippen molar-refractivity contribution >= 4 is 23.5 Å². The predicted octanol–water partition coefficient (Wildman–Crippen LogP) is 0.810. The lowest BCUT2D eigenvalue weighted by Crippen LogP contribution is -2.26. The van der Waals surface area contributed by atoms with Gasteiger partial charge in [-0.3, -0.25) is 9.36 Å². The van der Waals surface area contributed by atoms with Crippen molar-refractivity contribution in [3.8, 4) is 0 Å². The number of hydrogen-bond donors (Lipinski definition) is 1. The van der Waals surface area contributed by atoms with Crippen LogP contribution in [-0.2, 0) is 9.53 Å². The van der Waals surface area contributed by atoms with E-state index < -0.39 is 0 Å². The van der Waals surface area contributed by atoms with Gasteiger partial charge in [0, 0.05) is 13.1 Å². The average molecular weight is 255 g/mol. The molecule has 0 aliphatic carbocycles. The van der Waals surface area contributed by atoms with Crippen molar-refractivity contribution in [2.24, 2.45) is 0 Å². The first-order valence-corrected chi connectivity index (χ1v) is 6.14. The van der Waals surface area contributed by atoms with Gasteiger partial charge in [-0.05, 0) is 13.0 Å². The van der Waals surface area contributed by atoms with E-state index in [1.165, 1.54) is 11.5 Å². The Morgan fingerprint density at radius 2 is 2.47 bits per heavy atom. The molecule has 1 aliphatic rings.